The molecule has 3 N–H and O–H groups in total. The van der Waals surface area contributed by atoms with Crippen LogP contribution in [0.3, 0.4) is 0 Å². The van der Waals surface area contributed by atoms with Gasteiger partial charge in [-0.25, -0.2) is 0 Å². The van der Waals surface area contributed by atoms with Gasteiger partial charge in [-0.2, -0.15) is 0 Å². The summed E-state index contributed by atoms with van der Waals surface area (Å²) in [6.07, 6.45) is 3.18. The van der Waals surface area contributed by atoms with Gasteiger partial charge in [-0.05, 0) is 43.5 Å². The number of carbonyl (C=O) groups is 2. The molecule has 136 valence electrons. The van der Waals surface area contributed by atoms with Crippen LogP contribution in [0.5, 0.6) is 5.75 Å². The van der Waals surface area contributed by atoms with Crippen LogP contribution in [0.2, 0.25) is 0 Å². The Balaban J connectivity index is 1.50. The maximum absolute atomic E-state index is 12.1. The van der Waals surface area contributed by atoms with E-state index in [-0.39, 0.29) is 31.0 Å². The average molecular weight is 347 g/mol. The van der Waals surface area contributed by atoms with Crippen LogP contribution in [0.1, 0.15) is 25.7 Å². The summed E-state index contributed by atoms with van der Waals surface area (Å²) >= 11 is 0. The molecule has 7 nitrogen and oxygen atoms in total. The Bertz CT molecular complexity index is 605. The number of benzene rings is 1. The number of hydrogen-bond acceptors (Lipinski definition) is 5. The van der Waals surface area contributed by atoms with Gasteiger partial charge < -0.3 is 25.4 Å². The Kier molecular flexibility index (Phi) is 5.88. The van der Waals surface area contributed by atoms with Crippen LogP contribution in [0, 0.1) is 0 Å². The number of hydrogen-bond donors (Lipinski definition) is 3. The van der Waals surface area contributed by atoms with Gasteiger partial charge in [0.25, 0.3) is 0 Å². The minimum Gasteiger partial charge on any atom is -0.488 e. The van der Waals surface area contributed by atoms with Crippen LogP contribution >= 0.6 is 0 Å². The Morgan fingerprint density at radius 1 is 1.28 bits per heavy atom. The first-order valence-electron chi connectivity index (χ1n) is 8.85. The molecule has 1 aliphatic carbocycles. The fourth-order valence-electron chi connectivity index (χ4n) is 3.19. The minimum absolute atomic E-state index is 0.0591. The van der Waals surface area contributed by atoms with Gasteiger partial charge in [-0.3, -0.25) is 9.59 Å². The van der Waals surface area contributed by atoms with E-state index >= 15 is 0 Å². The lowest BCUT2D eigenvalue weighted by molar-refractivity contribution is -0.135. The highest BCUT2D eigenvalue weighted by Gasteiger charge is 2.24. The van der Waals surface area contributed by atoms with Gasteiger partial charge in [0.2, 0.25) is 11.8 Å². The first-order valence-corrected chi connectivity index (χ1v) is 8.85. The van der Waals surface area contributed by atoms with Gasteiger partial charge in [-0.1, -0.05) is 6.42 Å². The molecule has 3 rings (SSSR count). The fraction of sp³-hybridized carbons (Fsp3) is 0.556. The molecule has 2 atom stereocenters. The summed E-state index contributed by atoms with van der Waals surface area (Å²) in [4.78, 5) is 25.3. The molecule has 25 heavy (non-hydrogen) atoms. The number of aliphatic hydroxyl groups is 1. The minimum atomic E-state index is -0.412. The van der Waals surface area contributed by atoms with Crippen molar-refractivity contribution < 1.29 is 19.4 Å². The number of aliphatic hydroxyl groups excluding tert-OH is 1. The standard InChI is InChI=1S/C18H25N3O4/c22-15-3-1-2-4-16(15)25-14-7-5-13(6-8-14)20-17(23)12-21-10-9-19-11-18(21)24/h5-8,15-16,19,22H,1-4,9-12H2,(H,20,23). The largest absolute Gasteiger partial charge is 0.488 e. The quantitative estimate of drug-likeness (QED) is 0.731. The van der Waals surface area contributed by atoms with Crippen molar-refractivity contribution in [1.29, 1.82) is 0 Å². The summed E-state index contributed by atoms with van der Waals surface area (Å²) in [6, 6.07) is 7.10. The summed E-state index contributed by atoms with van der Waals surface area (Å²) in [5.41, 5.74) is 0.657. The maximum atomic E-state index is 12.1. The van der Waals surface area contributed by atoms with Gasteiger partial charge in [0.1, 0.15) is 11.9 Å². The predicted molar refractivity (Wildman–Crippen MR) is 93.4 cm³/mol. The molecule has 1 aromatic carbocycles. The molecule has 1 saturated carbocycles. The molecule has 7 heteroatoms. The van der Waals surface area contributed by atoms with E-state index in [0.29, 0.717) is 24.5 Å². The number of amides is 2. The maximum Gasteiger partial charge on any atom is 0.243 e. The van der Waals surface area contributed by atoms with Crippen LogP contribution in [0.25, 0.3) is 0 Å². The Labute approximate surface area is 147 Å². The molecule has 1 heterocycles. The van der Waals surface area contributed by atoms with Crippen molar-refractivity contribution in [2.75, 3.05) is 31.5 Å². The normalized spacial score (nSPS) is 24.0. The number of ether oxygens (including phenoxy) is 1. The molecule has 2 fully saturated rings. The van der Waals surface area contributed by atoms with Crippen molar-refractivity contribution in [3.05, 3.63) is 24.3 Å². The topological polar surface area (TPSA) is 90.9 Å². The number of carbonyl (C=O) groups excluding carboxylic acids is 2. The van der Waals surface area contributed by atoms with Crippen molar-refractivity contribution in [3.8, 4) is 5.75 Å². The summed E-state index contributed by atoms with van der Waals surface area (Å²) in [5, 5.41) is 15.7. The van der Waals surface area contributed by atoms with Crippen molar-refractivity contribution in [2.24, 2.45) is 0 Å². The second kappa shape index (κ2) is 8.31. The van der Waals surface area contributed by atoms with Gasteiger partial charge in [0.15, 0.2) is 0 Å². The van der Waals surface area contributed by atoms with Crippen molar-refractivity contribution in [2.45, 2.75) is 37.9 Å². The van der Waals surface area contributed by atoms with E-state index < -0.39 is 6.10 Å². The van der Waals surface area contributed by atoms with Crippen molar-refractivity contribution in [1.82, 2.24) is 10.2 Å². The van der Waals surface area contributed by atoms with E-state index in [1.165, 1.54) is 0 Å². The van der Waals surface area contributed by atoms with E-state index in [1.54, 1.807) is 29.2 Å². The molecule has 0 spiro atoms. The van der Waals surface area contributed by atoms with Crippen LogP contribution < -0.4 is 15.4 Å². The molecule has 1 aromatic rings. The molecule has 2 unspecified atom stereocenters. The Hall–Kier alpha value is -2.12. The lowest BCUT2D eigenvalue weighted by Crippen LogP contribution is -2.50. The summed E-state index contributed by atoms with van der Waals surface area (Å²) in [6.45, 7) is 1.60. The zero-order valence-corrected chi connectivity index (χ0v) is 14.2. The Morgan fingerprint density at radius 3 is 2.76 bits per heavy atom. The average Bonchev–Trinajstić information content (AvgIpc) is 2.61. The van der Waals surface area contributed by atoms with Gasteiger partial charge >= 0.3 is 0 Å². The molecule has 2 aliphatic rings. The highest BCUT2D eigenvalue weighted by atomic mass is 16.5. The molecular formula is C18H25N3O4. The van der Waals surface area contributed by atoms with E-state index in [9.17, 15) is 14.7 Å². The zero-order valence-electron chi connectivity index (χ0n) is 14.2. The van der Waals surface area contributed by atoms with Crippen LogP contribution in [-0.2, 0) is 9.59 Å². The van der Waals surface area contributed by atoms with Gasteiger partial charge in [0, 0.05) is 18.8 Å². The molecule has 0 bridgehead atoms. The number of piperazine rings is 1. The highest BCUT2D eigenvalue weighted by molar-refractivity contribution is 5.94. The van der Waals surface area contributed by atoms with Crippen molar-refractivity contribution in [3.63, 3.8) is 0 Å². The SMILES string of the molecule is O=C(CN1CCNCC1=O)Nc1ccc(OC2CCCCC2O)cc1. The smallest absolute Gasteiger partial charge is 0.243 e. The molecule has 2 amide bonds. The third kappa shape index (κ3) is 4.93. The van der Waals surface area contributed by atoms with E-state index in [1.807, 2.05) is 0 Å². The molecule has 1 aliphatic heterocycles. The monoisotopic (exact) mass is 347 g/mol. The summed E-state index contributed by atoms with van der Waals surface area (Å²) in [5.74, 6) is 0.407. The molecule has 0 aromatic heterocycles. The van der Waals surface area contributed by atoms with Crippen LogP contribution in [0.4, 0.5) is 5.69 Å². The highest BCUT2D eigenvalue weighted by Crippen LogP contribution is 2.24. The van der Waals surface area contributed by atoms with E-state index in [2.05, 4.69) is 10.6 Å². The second-order valence-electron chi connectivity index (χ2n) is 6.57. The number of rotatable bonds is 5. The van der Waals surface area contributed by atoms with Crippen LogP contribution in [-0.4, -0.2) is 60.2 Å². The first kappa shape index (κ1) is 17.7. The lowest BCUT2D eigenvalue weighted by Gasteiger charge is -2.28. The molecule has 1 saturated heterocycles. The third-order valence-electron chi connectivity index (χ3n) is 4.62. The molecule has 0 radical (unpaired) electrons. The van der Waals surface area contributed by atoms with Crippen molar-refractivity contribution >= 4 is 17.5 Å². The van der Waals surface area contributed by atoms with Crippen LogP contribution in [0.15, 0.2) is 24.3 Å². The lowest BCUT2D eigenvalue weighted by atomic mass is 9.95. The molecular weight excluding hydrogens is 322 g/mol. The number of nitrogens with one attached hydrogen (secondary N) is 2. The van der Waals surface area contributed by atoms with Gasteiger partial charge in [0.05, 0.1) is 19.2 Å². The number of nitrogens with zero attached hydrogens (tertiary/aromatic N) is 1. The van der Waals surface area contributed by atoms with E-state index in [0.717, 1.165) is 25.7 Å². The third-order valence-corrected chi connectivity index (χ3v) is 4.62. The Morgan fingerprint density at radius 2 is 2.04 bits per heavy atom. The summed E-state index contributed by atoms with van der Waals surface area (Å²) in [7, 11) is 0. The summed E-state index contributed by atoms with van der Waals surface area (Å²) < 4.78 is 5.84. The number of anilines is 1. The zero-order chi connectivity index (χ0) is 17.6. The van der Waals surface area contributed by atoms with Gasteiger partial charge in [-0.15, -0.1) is 0 Å². The fourth-order valence-corrected chi connectivity index (χ4v) is 3.19. The predicted octanol–water partition coefficient (Wildman–Crippen LogP) is 0.739. The first-order chi connectivity index (χ1) is 12.1. The van der Waals surface area contributed by atoms with E-state index in [4.69, 9.17) is 4.74 Å². The second-order valence-corrected chi connectivity index (χ2v) is 6.57.